The number of piperidine rings is 1. The molecule has 0 bridgehead atoms. The summed E-state index contributed by atoms with van der Waals surface area (Å²) in [6, 6.07) is 8.80. The predicted octanol–water partition coefficient (Wildman–Crippen LogP) is 3.01. The Hall–Kier alpha value is -0.670. The van der Waals surface area contributed by atoms with Gasteiger partial charge in [0.1, 0.15) is 0 Å². The van der Waals surface area contributed by atoms with E-state index in [0.29, 0.717) is 0 Å². The average molecular weight is 250 g/mol. The Balaban J connectivity index is 1.84. The monoisotopic (exact) mass is 250 g/mol. The van der Waals surface area contributed by atoms with Crippen LogP contribution in [0.15, 0.2) is 24.3 Å². The van der Waals surface area contributed by atoms with Crippen molar-refractivity contribution in [3.63, 3.8) is 0 Å². The van der Waals surface area contributed by atoms with E-state index in [1.807, 2.05) is 0 Å². The quantitative estimate of drug-likeness (QED) is 0.781. The van der Waals surface area contributed by atoms with E-state index in [1.165, 1.54) is 43.6 Å². The summed E-state index contributed by atoms with van der Waals surface area (Å²) >= 11 is 4.19. The van der Waals surface area contributed by atoms with Crippen molar-refractivity contribution in [3.05, 3.63) is 29.8 Å². The lowest BCUT2D eigenvalue weighted by Gasteiger charge is -2.26. The van der Waals surface area contributed by atoms with E-state index < -0.39 is 0 Å². The van der Waals surface area contributed by atoms with Crippen LogP contribution in [0.25, 0.3) is 0 Å². The summed E-state index contributed by atoms with van der Waals surface area (Å²) in [5, 5.41) is 3.34. The highest BCUT2D eigenvalue weighted by atomic mass is 32.1. The number of benzene rings is 1. The second kappa shape index (κ2) is 6.92. The maximum absolute atomic E-state index is 4.19. The van der Waals surface area contributed by atoms with Crippen molar-refractivity contribution < 1.29 is 0 Å². The fraction of sp³-hybridized carbons (Fsp3) is 0.571. The van der Waals surface area contributed by atoms with E-state index in [9.17, 15) is 0 Å². The molecule has 1 aromatic carbocycles. The van der Waals surface area contributed by atoms with Gasteiger partial charge in [-0.2, -0.15) is 12.6 Å². The van der Waals surface area contributed by atoms with Gasteiger partial charge in [-0.15, -0.1) is 0 Å². The number of hydrogen-bond acceptors (Lipinski definition) is 3. The Labute approximate surface area is 110 Å². The van der Waals surface area contributed by atoms with Crippen LogP contribution in [-0.4, -0.2) is 30.3 Å². The van der Waals surface area contributed by atoms with Crippen molar-refractivity contribution in [1.82, 2.24) is 4.90 Å². The second-order valence-electron chi connectivity index (χ2n) is 4.68. The number of likely N-dealkylation sites (tertiary alicyclic amines) is 1. The highest BCUT2D eigenvalue weighted by Crippen LogP contribution is 2.15. The van der Waals surface area contributed by atoms with Gasteiger partial charge in [-0.1, -0.05) is 18.6 Å². The first-order valence-corrected chi connectivity index (χ1v) is 7.18. The van der Waals surface area contributed by atoms with Crippen molar-refractivity contribution >= 4 is 18.3 Å². The Kier molecular flexibility index (Phi) is 5.20. The molecule has 0 aromatic heterocycles. The zero-order valence-electron chi connectivity index (χ0n) is 10.4. The van der Waals surface area contributed by atoms with Crippen LogP contribution in [0, 0.1) is 0 Å². The first-order valence-electron chi connectivity index (χ1n) is 6.54. The number of nitrogens with zero attached hydrogens (tertiary/aromatic N) is 1. The molecule has 0 amide bonds. The molecule has 0 atom stereocenters. The Morgan fingerprint density at radius 3 is 2.41 bits per heavy atom. The van der Waals surface area contributed by atoms with Gasteiger partial charge in [0.05, 0.1) is 0 Å². The fourth-order valence-corrected chi connectivity index (χ4v) is 2.42. The molecule has 1 N–H and O–H groups in total. The zero-order valence-corrected chi connectivity index (χ0v) is 11.3. The molecule has 1 aromatic rings. The van der Waals surface area contributed by atoms with Crippen LogP contribution in [0.3, 0.4) is 0 Å². The molecule has 0 aliphatic carbocycles. The SMILES string of the molecule is SCCNc1ccc(CN2CCCCC2)cc1. The fourth-order valence-electron chi connectivity index (χ4n) is 2.30. The predicted molar refractivity (Wildman–Crippen MR) is 77.9 cm³/mol. The molecule has 0 radical (unpaired) electrons. The largest absolute Gasteiger partial charge is 0.384 e. The van der Waals surface area contributed by atoms with Gasteiger partial charge in [0.15, 0.2) is 0 Å². The molecule has 3 heteroatoms. The molecule has 1 saturated heterocycles. The zero-order chi connectivity index (χ0) is 11.9. The molecular weight excluding hydrogens is 228 g/mol. The Morgan fingerprint density at radius 2 is 1.76 bits per heavy atom. The Bertz CT molecular complexity index is 317. The van der Waals surface area contributed by atoms with Crippen LogP contribution < -0.4 is 5.32 Å². The average Bonchev–Trinajstić information content (AvgIpc) is 2.39. The molecule has 0 unspecified atom stereocenters. The van der Waals surface area contributed by atoms with Crippen LogP contribution in [0.5, 0.6) is 0 Å². The lowest BCUT2D eigenvalue weighted by molar-refractivity contribution is 0.221. The number of thiol groups is 1. The molecule has 2 nitrogen and oxygen atoms in total. The number of rotatable bonds is 5. The van der Waals surface area contributed by atoms with E-state index >= 15 is 0 Å². The summed E-state index contributed by atoms with van der Waals surface area (Å²) in [4.78, 5) is 2.56. The van der Waals surface area contributed by atoms with Gasteiger partial charge in [0.2, 0.25) is 0 Å². The van der Waals surface area contributed by atoms with Crippen LogP contribution in [0.1, 0.15) is 24.8 Å². The molecule has 2 rings (SSSR count). The minimum Gasteiger partial charge on any atom is -0.384 e. The molecule has 0 spiro atoms. The molecular formula is C14H22N2S. The number of hydrogen-bond donors (Lipinski definition) is 2. The van der Waals surface area contributed by atoms with Crippen molar-refractivity contribution in [2.24, 2.45) is 0 Å². The topological polar surface area (TPSA) is 15.3 Å². The van der Waals surface area contributed by atoms with Crippen molar-refractivity contribution in [3.8, 4) is 0 Å². The summed E-state index contributed by atoms with van der Waals surface area (Å²) < 4.78 is 0. The molecule has 17 heavy (non-hydrogen) atoms. The lowest BCUT2D eigenvalue weighted by atomic mass is 10.1. The van der Waals surface area contributed by atoms with E-state index in [1.54, 1.807) is 0 Å². The van der Waals surface area contributed by atoms with Gasteiger partial charge < -0.3 is 5.32 Å². The van der Waals surface area contributed by atoms with Gasteiger partial charge in [-0.3, -0.25) is 4.90 Å². The highest BCUT2D eigenvalue weighted by Gasteiger charge is 2.09. The molecule has 1 aliphatic rings. The van der Waals surface area contributed by atoms with E-state index in [2.05, 4.69) is 47.1 Å². The first-order chi connectivity index (χ1) is 8.38. The van der Waals surface area contributed by atoms with Gasteiger partial charge >= 0.3 is 0 Å². The van der Waals surface area contributed by atoms with Crippen molar-refractivity contribution in [1.29, 1.82) is 0 Å². The summed E-state index contributed by atoms with van der Waals surface area (Å²) in [5.41, 5.74) is 2.62. The van der Waals surface area contributed by atoms with E-state index in [0.717, 1.165) is 18.8 Å². The second-order valence-corrected chi connectivity index (χ2v) is 5.13. The van der Waals surface area contributed by atoms with Crippen LogP contribution in [-0.2, 0) is 6.54 Å². The normalized spacial score (nSPS) is 17.0. The minimum atomic E-state index is 0.871. The summed E-state index contributed by atoms with van der Waals surface area (Å²) in [7, 11) is 0. The van der Waals surface area contributed by atoms with Gasteiger partial charge in [-0.25, -0.2) is 0 Å². The standard InChI is InChI=1S/C14H22N2S/c17-11-8-15-14-6-4-13(5-7-14)12-16-9-2-1-3-10-16/h4-7,15,17H,1-3,8-12H2. The van der Waals surface area contributed by atoms with Crippen LogP contribution in [0.4, 0.5) is 5.69 Å². The molecule has 0 saturated carbocycles. The number of anilines is 1. The molecule has 94 valence electrons. The smallest absolute Gasteiger partial charge is 0.0340 e. The third kappa shape index (κ3) is 4.25. The van der Waals surface area contributed by atoms with Crippen LogP contribution in [0.2, 0.25) is 0 Å². The van der Waals surface area contributed by atoms with Crippen molar-refractivity contribution in [2.45, 2.75) is 25.8 Å². The van der Waals surface area contributed by atoms with E-state index in [-0.39, 0.29) is 0 Å². The molecule has 1 aliphatic heterocycles. The highest BCUT2D eigenvalue weighted by molar-refractivity contribution is 7.80. The number of nitrogens with one attached hydrogen (secondary N) is 1. The molecule has 1 fully saturated rings. The third-order valence-electron chi connectivity index (χ3n) is 3.25. The summed E-state index contributed by atoms with van der Waals surface area (Å²) in [5.74, 6) is 0.871. The molecule has 1 heterocycles. The van der Waals surface area contributed by atoms with Crippen molar-refractivity contribution in [2.75, 3.05) is 30.7 Å². The first kappa shape index (κ1) is 12.8. The minimum absolute atomic E-state index is 0.871. The third-order valence-corrected chi connectivity index (χ3v) is 3.47. The maximum atomic E-state index is 4.19. The van der Waals surface area contributed by atoms with Gasteiger partial charge in [0.25, 0.3) is 0 Å². The lowest BCUT2D eigenvalue weighted by Crippen LogP contribution is -2.29. The van der Waals surface area contributed by atoms with Crippen LogP contribution >= 0.6 is 12.6 Å². The Morgan fingerprint density at radius 1 is 1.06 bits per heavy atom. The van der Waals surface area contributed by atoms with Gasteiger partial charge in [-0.05, 0) is 43.6 Å². The maximum Gasteiger partial charge on any atom is 0.0340 e. The summed E-state index contributed by atoms with van der Waals surface area (Å²) in [6.07, 6.45) is 4.13. The van der Waals surface area contributed by atoms with E-state index in [4.69, 9.17) is 0 Å². The summed E-state index contributed by atoms with van der Waals surface area (Å²) in [6.45, 7) is 4.56. The van der Waals surface area contributed by atoms with Gasteiger partial charge in [0, 0.05) is 24.5 Å².